The van der Waals surface area contributed by atoms with Crippen molar-refractivity contribution in [2.45, 2.75) is 39.7 Å². The quantitative estimate of drug-likeness (QED) is 0.870. The summed E-state index contributed by atoms with van der Waals surface area (Å²) in [4.78, 5) is 29.1. The topological polar surface area (TPSA) is 70.5 Å². The average molecular weight is 381 g/mol. The lowest BCUT2D eigenvalue weighted by Gasteiger charge is -2.34. The monoisotopic (exact) mass is 381 g/mol. The molecule has 4 rings (SSSR count). The van der Waals surface area contributed by atoms with Crippen molar-refractivity contribution in [3.05, 3.63) is 46.8 Å². The summed E-state index contributed by atoms with van der Waals surface area (Å²) in [6.07, 6.45) is 4.86. The minimum atomic E-state index is -0.113. The first kappa shape index (κ1) is 18.5. The summed E-state index contributed by atoms with van der Waals surface area (Å²) in [6, 6.07) is 5.80. The standard InChI is InChI=1S/C21H27N5O2/c1-15-6-7-17(13-16(15)2)23-21(28)25-11-9-24(10-12-25)20(27)18-14-22-26-8-4-3-5-19(18)26/h6-7,13-14H,3-5,8-12H2,1-2H3,(H,23,28). The maximum absolute atomic E-state index is 12.9. The third-order valence-corrected chi connectivity index (χ3v) is 5.82. The molecule has 0 spiro atoms. The Kier molecular flexibility index (Phi) is 5.07. The highest BCUT2D eigenvalue weighted by molar-refractivity contribution is 5.95. The molecule has 1 fully saturated rings. The van der Waals surface area contributed by atoms with Gasteiger partial charge in [0.15, 0.2) is 0 Å². The lowest BCUT2D eigenvalue weighted by molar-refractivity contribution is 0.0670. The van der Waals surface area contributed by atoms with E-state index in [1.165, 1.54) is 5.56 Å². The molecule has 0 aliphatic carbocycles. The summed E-state index contributed by atoms with van der Waals surface area (Å²) in [6.45, 7) is 7.14. The SMILES string of the molecule is Cc1ccc(NC(=O)N2CCN(C(=O)c3cnn4c3CCCC4)CC2)cc1C. The lowest BCUT2D eigenvalue weighted by Crippen LogP contribution is -2.51. The van der Waals surface area contributed by atoms with Crippen molar-refractivity contribution in [3.8, 4) is 0 Å². The summed E-state index contributed by atoms with van der Waals surface area (Å²) in [5, 5.41) is 7.33. The minimum absolute atomic E-state index is 0.0392. The summed E-state index contributed by atoms with van der Waals surface area (Å²) in [5.41, 5.74) is 4.95. The first-order valence-corrected chi connectivity index (χ1v) is 10.00. The van der Waals surface area contributed by atoms with Crippen molar-refractivity contribution >= 4 is 17.6 Å². The molecule has 1 saturated heterocycles. The highest BCUT2D eigenvalue weighted by atomic mass is 16.2. The molecule has 0 radical (unpaired) electrons. The molecule has 0 bridgehead atoms. The molecule has 0 unspecified atom stereocenters. The van der Waals surface area contributed by atoms with Crippen LogP contribution >= 0.6 is 0 Å². The van der Waals surface area contributed by atoms with Gasteiger partial charge >= 0.3 is 6.03 Å². The van der Waals surface area contributed by atoms with Gasteiger partial charge in [-0.15, -0.1) is 0 Å². The molecular weight excluding hydrogens is 354 g/mol. The molecule has 3 heterocycles. The molecule has 28 heavy (non-hydrogen) atoms. The summed E-state index contributed by atoms with van der Waals surface area (Å²) < 4.78 is 1.96. The Balaban J connectivity index is 1.35. The van der Waals surface area contributed by atoms with E-state index in [0.717, 1.165) is 48.3 Å². The van der Waals surface area contributed by atoms with Crippen LogP contribution in [0.5, 0.6) is 0 Å². The summed E-state index contributed by atoms with van der Waals surface area (Å²) in [5.74, 6) is 0.0392. The fourth-order valence-corrected chi connectivity index (χ4v) is 3.90. The van der Waals surface area contributed by atoms with Gasteiger partial charge in [-0.05, 0) is 56.4 Å². The van der Waals surface area contributed by atoms with Gasteiger partial charge in [0.1, 0.15) is 0 Å². The van der Waals surface area contributed by atoms with Crippen molar-refractivity contribution in [3.63, 3.8) is 0 Å². The van der Waals surface area contributed by atoms with Crippen LogP contribution in [0.3, 0.4) is 0 Å². The number of rotatable bonds is 2. The van der Waals surface area contributed by atoms with Crippen LogP contribution in [-0.4, -0.2) is 57.7 Å². The molecule has 1 aromatic carbocycles. The van der Waals surface area contributed by atoms with Crippen molar-refractivity contribution in [2.24, 2.45) is 0 Å². The number of nitrogens with zero attached hydrogens (tertiary/aromatic N) is 4. The highest BCUT2D eigenvalue weighted by Gasteiger charge is 2.28. The van der Waals surface area contributed by atoms with Gasteiger partial charge in [-0.2, -0.15) is 5.10 Å². The predicted octanol–water partition coefficient (Wildman–Crippen LogP) is 2.83. The second-order valence-electron chi connectivity index (χ2n) is 7.69. The number of hydrogen-bond acceptors (Lipinski definition) is 3. The number of carbonyl (C=O) groups is 2. The molecule has 0 saturated carbocycles. The van der Waals surface area contributed by atoms with Crippen molar-refractivity contribution in [1.82, 2.24) is 19.6 Å². The van der Waals surface area contributed by atoms with E-state index in [2.05, 4.69) is 17.3 Å². The molecule has 3 amide bonds. The van der Waals surface area contributed by atoms with Gasteiger partial charge in [0.2, 0.25) is 0 Å². The molecule has 1 aromatic heterocycles. The predicted molar refractivity (Wildman–Crippen MR) is 108 cm³/mol. The summed E-state index contributed by atoms with van der Waals surface area (Å²) >= 11 is 0. The maximum atomic E-state index is 12.9. The fraction of sp³-hybridized carbons (Fsp3) is 0.476. The first-order valence-electron chi connectivity index (χ1n) is 10.00. The molecular formula is C21H27N5O2. The zero-order chi connectivity index (χ0) is 19.7. The Morgan fingerprint density at radius 2 is 1.71 bits per heavy atom. The number of hydrogen-bond donors (Lipinski definition) is 1. The fourth-order valence-electron chi connectivity index (χ4n) is 3.90. The number of carbonyl (C=O) groups excluding carboxylic acids is 2. The molecule has 2 aliphatic rings. The molecule has 1 N–H and O–H groups in total. The van der Waals surface area contributed by atoms with Crippen LogP contribution in [0.25, 0.3) is 0 Å². The van der Waals surface area contributed by atoms with Gasteiger partial charge in [-0.3, -0.25) is 9.48 Å². The van der Waals surface area contributed by atoms with E-state index in [1.807, 2.05) is 34.7 Å². The number of urea groups is 1. The van der Waals surface area contributed by atoms with E-state index in [9.17, 15) is 9.59 Å². The lowest BCUT2D eigenvalue weighted by atomic mass is 10.1. The van der Waals surface area contributed by atoms with Crippen LogP contribution < -0.4 is 5.32 Å². The Bertz CT molecular complexity index is 896. The molecule has 148 valence electrons. The minimum Gasteiger partial charge on any atom is -0.335 e. The number of aromatic nitrogens is 2. The van der Waals surface area contributed by atoms with Gasteiger partial charge in [-0.1, -0.05) is 6.07 Å². The number of fused-ring (bicyclic) bond motifs is 1. The molecule has 0 atom stereocenters. The number of amides is 3. The Morgan fingerprint density at radius 3 is 2.46 bits per heavy atom. The van der Waals surface area contributed by atoms with Crippen molar-refractivity contribution in [1.29, 1.82) is 0 Å². The molecule has 7 nitrogen and oxygen atoms in total. The van der Waals surface area contributed by atoms with Gasteiger partial charge in [0.25, 0.3) is 5.91 Å². The second-order valence-corrected chi connectivity index (χ2v) is 7.69. The smallest absolute Gasteiger partial charge is 0.321 e. The summed E-state index contributed by atoms with van der Waals surface area (Å²) in [7, 11) is 0. The highest BCUT2D eigenvalue weighted by Crippen LogP contribution is 2.20. The van der Waals surface area contributed by atoms with Crippen LogP contribution in [0.1, 0.15) is 40.0 Å². The Hall–Kier alpha value is -2.83. The number of benzene rings is 1. The zero-order valence-electron chi connectivity index (χ0n) is 16.6. The largest absolute Gasteiger partial charge is 0.335 e. The van der Waals surface area contributed by atoms with Gasteiger partial charge in [0, 0.05) is 38.4 Å². The third-order valence-electron chi connectivity index (χ3n) is 5.82. The van der Waals surface area contributed by atoms with E-state index >= 15 is 0 Å². The van der Waals surface area contributed by atoms with Crippen LogP contribution in [0.2, 0.25) is 0 Å². The zero-order valence-corrected chi connectivity index (χ0v) is 16.6. The molecule has 7 heteroatoms. The van der Waals surface area contributed by atoms with E-state index in [-0.39, 0.29) is 11.9 Å². The Labute approximate surface area is 165 Å². The average Bonchev–Trinajstić information content (AvgIpc) is 3.14. The van der Waals surface area contributed by atoms with Gasteiger partial charge in [0.05, 0.1) is 17.5 Å². The van der Waals surface area contributed by atoms with E-state index in [0.29, 0.717) is 26.2 Å². The van der Waals surface area contributed by atoms with E-state index < -0.39 is 0 Å². The molecule has 2 aromatic rings. The van der Waals surface area contributed by atoms with Gasteiger partial charge < -0.3 is 15.1 Å². The third kappa shape index (κ3) is 3.61. The van der Waals surface area contributed by atoms with Crippen molar-refractivity contribution < 1.29 is 9.59 Å². The van der Waals surface area contributed by atoms with E-state index in [1.54, 1.807) is 11.1 Å². The van der Waals surface area contributed by atoms with Crippen LogP contribution in [-0.2, 0) is 13.0 Å². The maximum Gasteiger partial charge on any atom is 0.321 e. The number of aryl methyl sites for hydroxylation is 3. The number of nitrogens with one attached hydrogen (secondary N) is 1. The normalized spacial score (nSPS) is 16.6. The van der Waals surface area contributed by atoms with Crippen LogP contribution in [0.4, 0.5) is 10.5 Å². The van der Waals surface area contributed by atoms with E-state index in [4.69, 9.17) is 0 Å². The molecule has 2 aliphatic heterocycles. The Morgan fingerprint density at radius 1 is 0.964 bits per heavy atom. The van der Waals surface area contributed by atoms with Crippen LogP contribution in [0.15, 0.2) is 24.4 Å². The first-order chi connectivity index (χ1) is 13.5. The number of anilines is 1. The van der Waals surface area contributed by atoms with Gasteiger partial charge in [-0.25, -0.2) is 4.79 Å². The number of piperazine rings is 1. The van der Waals surface area contributed by atoms with Crippen LogP contribution in [0, 0.1) is 13.8 Å². The van der Waals surface area contributed by atoms with Crippen molar-refractivity contribution in [2.75, 3.05) is 31.5 Å². The second kappa shape index (κ2) is 7.66.